The van der Waals surface area contributed by atoms with Crippen molar-refractivity contribution in [1.29, 1.82) is 0 Å². The lowest BCUT2D eigenvalue weighted by atomic mass is 9.86. The van der Waals surface area contributed by atoms with Gasteiger partial charge >= 0.3 is 0 Å². The smallest absolute Gasteiger partial charge is 0.133 e. The molecule has 0 aliphatic carbocycles. The lowest BCUT2D eigenvalue weighted by molar-refractivity contribution is -0.00532. The van der Waals surface area contributed by atoms with Crippen molar-refractivity contribution in [1.82, 2.24) is 5.32 Å². The summed E-state index contributed by atoms with van der Waals surface area (Å²) in [5, 5.41) is 13.4. The third-order valence-electron chi connectivity index (χ3n) is 3.48. The van der Waals surface area contributed by atoms with Crippen molar-refractivity contribution in [2.24, 2.45) is 0 Å². The van der Waals surface area contributed by atoms with E-state index in [1.807, 2.05) is 45.9 Å². The van der Waals surface area contributed by atoms with Gasteiger partial charge in [0, 0.05) is 12.1 Å². The second kappa shape index (κ2) is 5.59. The lowest BCUT2D eigenvalue weighted by Gasteiger charge is -2.38. The molecule has 102 valence electrons. The predicted octanol–water partition coefficient (Wildman–Crippen LogP) is 3.10. The molecule has 0 fully saturated rings. The van der Waals surface area contributed by atoms with Crippen molar-refractivity contribution in [3.05, 3.63) is 28.2 Å². The maximum atomic E-state index is 10.1. The Morgan fingerprint density at radius 3 is 2.33 bits per heavy atom. The van der Waals surface area contributed by atoms with Crippen LogP contribution >= 0.6 is 15.9 Å². The highest BCUT2D eigenvalue weighted by molar-refractivity contribution is 9.10. The lowest BCUT2D eigenvalue weighted by Crippen LogP contribution is -2.55. The molecular weight excluding hydrogens is 294 g/mol. The SMILES string of the molecule is COc1ccc(CNC(C)(C)C(C)(C)O)cc1Br. The fourth-order valence-electron chi connectivity index (χ4n) is 1.36. The van der Waals surface area contributed by atoms with Gasteiger partial charge in [0.25, 0.3) is 0 Å². The zero-order valence-corrected chi connectivity index (χ0v) is 13.3. The Labute approximate surface area is 118 Å². The molecule has 1 rings (SSSR count). The Bertz CT molecular complexity index is 411. The molecule has 0 aliphatic rings. The summed E-state index contributed by atoms with van der Waals surface area (Å²) in [7, 11) is 1.65. The average molecular weight is 316 g/mol. The van der Waals surface area contributed by atoms with Crippen LogP contribution in [-0.4, -0.2) is 23.4 Å². The summed E-state index contributed by atoms with van der Waals surface area (Å²) in [4.78, 5) is 0. The number of hydrogen-bond acceptors (Lipinski definition) is 3. The first-order valence-corrected chi connectivity index (χ1v) is 6.76. The normalized spacial score (nSPS) is 12.6. The summed E-state index contributed by atoms with van der Waals surface area (Å²) in [5.74, 6) is 0.820. The first kappa shape index (κ1) is 15.5. The molecule has 2 N–H and O–H groups in total. The standard InChI is InChI=1S/C14H22BrNO2/c1-13(2,14(3,4)17)16-9-10-6-7-12(18-5)11(15)8-10/h6-8,16-17H,9H2,1-5H3. The third kappa shape index (κ3) is 3.70. The number of hydrogen-bond donors (Lipinski definition) is 2. The minimum atomic E-state index is -0.781. The highest BCUT2D eigenvalue weighted by Crippen LogP contribution is 2.26. The van der Waals surface area contributed by atoms with Crippen LogP contribution in [0.2, 0.25) is 0 Å². The molecule has 1 aromatic carbocycles. The average Bonchev–Trinajstić information content (AvgIpc) is 2.25. The Kier molecular flexibility index (Phi) is 4.81. The van der Waals surface area contributed by atoms with Gasteiger partial charge in [-0.05, 0) is 61.3 Å². The largest absolute Gasteiger partial charge is 0.496 e. The summed E-state index contributed by atoms with van der Waals surface area (Å²) >= 11 is 3.47. The maximum Gasteiger partial charge on any atom is 0.133 e. The quantitative estimate of drug-likeness (QED) is 0.877. The molecule has 0 aromatic heterocycles. The number of ether oxygens (including phenoxy) is 1. The fraction of sp³-hybridized carbons (Fsp3) is 0.571. The molecule has 0 radical (unpaired) electrons. The van der Waals surface area contributed by atoms with Crippen LogP contribution in [0.15, 0.2) is 22.7 Å². The number of benzene rings is 1. The van der Waals surface area contributed by atoms with Crippen molar-refractivity contribution in [2.75, 3.05) is 7.11 Å². The van der Waals surface area contributed by atoms with Gasteiger partial charge in [-0.15, -0.1) is 0 Å². The van der Waals surface area contributed by atoms with E-state index in [0.717, 1.165) is 15.8 Å². The first-order valence-electron chi connectivity index (χ1n) is 5.97. The first-order chi connectivity index (χ1) is 8.17. The summed E-state index contributed by atoms with van der Waals surface area (Å²) in [6.45, 7) is 8.30. The second-order valence-corrected chi connectivity index (χ2v) is 6.36. The van der Waals surface area contributed by atoms with E-state index in [1.54, 1.807) is 7.11 Å². The van der Waals surface area contributed by atoms with Crippen molar-refractivity contribution < 1.29 is 9.84 Å². The molecule has 0 amide bonds. The van der Waals surface area contributed by atoms with Crippen LogP contribution in [0.25, 0.3) is 0 Å². The summed E-state index contributed by atoms with van der Waals surface area (Å²) in [6, 6.07) is 5.96. The van der Waals surface area contributed by atoms with E-state index >= 15 is 0 Å². The molecule has 1 aromatic rings. The van der Waals surface area contributed by atoms with Gasteiger partial charge in [-0.3, -0.25) is 0 Å². The van der Waals surface area contributed by atoms with Gasteiger partial charge in [-0.25, -0.2) is 0 Å². The molecular formula is C14H22BrNO2. The van der Waals surface area contributed by atoms with Gasteiger partial charge in [-0.1, -0.05) is 6.07 Å². The van der Waals surface area contributed by atoms with Gasteiger partial charge in [0.05, 0.1) is 17.2 Å². The van der Waals surface area contributed by atoms with Gasteiger partial charge in [-0.2, -0.15) is 0 Å². The van der Waals surface area contributed by atoms with Crippen molar-refractivity contribution in [3.8, 4) is 5.75 Å². The molecule has 18 heavy (non-hydrogen) atoms. The van der Waals surface area contributed by atoms with E-state index in [4.69, 9.17) is 4.74 Å². The monoisotopic (exact) mass is 315 g/mol. The van der Waals surface area contributed by atoms with Crippen molar-refractivity contribution in [2.45, 2.75) is 45.4 Å². The Morgan fingerprint density at radius 2 is 1.89 bits per heavy atom. The minimum absolute atomic E-state index is 0.362. The zero-order chi connectivity index (χ0) is 14.0. The van der Waals surface area contributed by atoms with Crippen LogP contribution in [-0.2, 0) is 6.54 Å². The molecule has 0 atom stereocenters. The molecule has 0 bridgehead atoms. The Balaban J connectivity index is 2.73. The Hall–Kier alpha value is -0.580. The molecule has 0 saturated heterocycles. The second-order valence-electron chi connectivity index (χ2n) is 5.51. The van der Waals surface area contributed by atoms with Crippen LogP contribution < -0.4 is 10.1 Å². The van der Waals surface area contributed by atoms with E-state index in [-0.39, 0.29) is 5.54 Å². The van der Waals surface area contributed by atoms with Crippen LogP contribution in [0.4, 0.5) is 0 Å². The third-order valence-corrected chi connectivity index (χ3v) is 4.10. The van der Waals surface area contributed by atoms with Gasteiger partial charge < -0.3 is 15.2 Å². The van der Waals surface area contributed by atoms with Crippen LogP contribution in [0.5, 0.6) is 5.75 Å². The van der Waals surface area contributed by atoms with Crippen LogP contribution in [0.3, 0.4) is 0 Å². The number of halogens is 1. The van der Waals surface area contributed by atoms with Crippen molar-refractivity contribution in [3.63, 3.8) is 0 Å². The number of nitrogens with one attached hydrogen (secondary N) is 1. The number of methoxy groups -OCH3 is 1. The van der Waals surface area contributed by atoms with E-state index in [9.17, 15) is 5.11 Å². The van der Waals surface area contributed by atoms with E-state index in [2.05, 4.69) is 21.2 Å². The topological polar surface area (TPSA) is 41.5 Å². The number of aliphatic hydroxyl groups is 1. The van der Waals surface area contributed by atoms with Crippen LogP contribution in [0.1, 0.15) is 33.3 Å². The highest BCUT2D eigenvalue weighted by atomic mass is 79.9. The summed E-state index contributed by atoms with van der Waals surface area (Å²) < 4.78 is 6.13. The molecule has 3 nitrogen and oxygen atoms in total. The predicted molar refractivity (Wildman–Crippen MR) is 77.9 cm³/mol. The molecule has 0 unspecified atom stereocenters. The maximum absolute atomic E-state index is 10.1. The molecule has 0 heterocycles. The molecule has 4 heteroatoms. The van der Waals surface area contributed by atoms with E-state index < -0.39 is 5.60 Å². The fourth-order valence-corrected chi connectivity index (χ4v) is 1.95. The molecule has 0 saturated carbocycles. The van der Waals surface area contributed by atoms with Crippen molar-refractivity contribution >= 4 is 15.9 Å². The van der Waals surface area contributed by atoms with E-state index in [1.165, 1.54) is 0 Å². The Morgan fingerprint density at radius 1 is 1.28 bits per heavy atom. The van der Waals surface area contributed by atoms with Gasteiger partial charge in [0.15, 0.2) is 0 Å². The van der Waals surface area contributed by atoms with Crippen LogP contribution in [0, 0.1) is 0 Å². The highest BCUT2D eigenvalue weighted by Gasteiger charge is 2.34. The minimum Gasteiger partial charge on any atom is -0.496 e. The van der Waals surface area contributed by atoms with Gasteiger partial charge in [0.1, 0.15) is 5.75 Å². The zero-order valence-electron chi connectivity index (χ0n) is 11.7. The summed E-state index contributed by atoms with van der Waals surface area (Å²) in [6.07, 6.45) is 0. The van der Waals surface area contributed by atoms with Gasteiger partial charge in [0.2, 0.25) is 0 Å². The molecule has 0 spiro atoms. The summed E-state index contributed by atoms with van der Waals surface area (Å²) in [5.41, 5.74) is -0.00386. The molecule has 0 aliphatic heterocycles. The van der Waals surface area contributed by atoms with E-state index in [0.29, 0.717) is 6.54 Å². The number of rotatable bonds is 5.